The van der Waals surface area contributed by atoms with Crippen molar-refractivity contribution in [2.24, 2.45) is 5.10 Å². The quantitative estimate of drug-likeness (QED) is 0.615. The van der Waals surface area contributed by atoms with Crippen LogP contribution in [0.5, 0.6) is 0 Å². The first-order valence-corrected chi connectivity index (χ1v) is 9.34. The molecule has 0 unspecified atom stereocenters. The second kappa shape index (κ2) is 8.77. The molecule has 1 aromatic heterocycles. The summed E-state index contributed by atoms with van der Waals surface area (Å²) < 4.78 is 5.57. The summed E-state index contributed by atoms with van der Waals surface area (Å²) in [6.45, 7) is 9.41. The van der Waals surface area contributed by atoms with E-state index < -0.39 is 0 Å². The van der Waals surface area contributed by atoms with E-state index in [9.17, 15) is 0 Å². The van der Waals surface area contributed by atoms with E-state index in [1.54, 1.807) is 6.08 Å². The van der Waals surface area contributed by atoms with Gasteiger partial charge in [0.15, 0.2) is 5.11 Å². The van der Waals surface area contributed by atoms with Crippen molar-refractivity contribution in [2.75, 3.05) is 37.7 Å². The van der Waals surface area contributed by atoms with E-state index in [2.05, 4.69) is 31.9 Å². The van der Waals surface area contributed by atoms with Crippen LogP contribution < -0.4 is 10.3 Å². The maximum atomic E-state index is 8.28. The predicted molar refractivity (Wildman–Crippen MR) is 112 cm³/mol. The summed E-state index contributed by atoms with van der Waals surface area (Å²) in [5.74, 6) is 1.52. The Morgan fingerprint density at radius 3 is 2.81 bits per heavy atom. The van der Waals surface area contributed by atoms with Gasteiger partial charge in [0.1, 0.15) is 17.3 Å². The first-order chi connectivity index (χ1) is 13.1. The van der Waals surface area contributed by atoms with Crippen molar-refractivity contribution in [2.45, 2.75) is 13.3 Å². The first kappa shape index (κ1) is 19.0. The third-order valence-corrected chi connectivity index (χ3v) is 4.94. The van der Waals surface area contributed by atoms with Gasteiger partial charge in [-0.05, 0) is 36.8 Å². The van der Waals surface area contributed by atoms with Crippen molar-refractivity contribution >= 4 is 34.6 Å². The minimum absolute atomic E-state index is 0.286. The highest BCUT2D eigenvalue weighted by atomic mass is 32.1. The number of allylic oxidation sites excluding steroid dienone is 3. The first-order valence-electron chi connectivity index (χ1n) is 8.93. The average Bonchev–Trinajstić information content (AvgIpc) is 2.73. The standard InChI is InChI=1S/C19H24N6OS/c1-3-14(2)18-17(20)15(7-13-26-18)22-23-19(27)25-11-9-24(10-12-25)16-6-4-5-8-21-16/h3-6,8,20H,1,7,9-13H2,2H3,(H,23,27)/b18-14+,20-17?,22-15-. The number of thiocarbonyl (C=S) groups is 1. The third kappa shape index (κ3) is 4.51. The number of hydrazone groups is 1. The van der Waals surface area contributed by atoms with Crippen LogP contribution in [0, 0.1) is 5.41 Å². The molecule has 0 radical (unpaired) electrons. The van der Waals surface area contributed by atoms with E-state index in [1.807, 2.05) is 31.3 Å². The van der Waals surface area contributed by atoms with Crippen LogP contribution in [0.25, 0.3) is 0 Å². The molecule has 0 amide bonds. The highest BCUT2D eigenvalue weighted by Gasteiger charge is 2.23. The maximum absolute atomic E-state index is 8.28. The number of rotatable bonds is 3. The predicted octanol–water partition coefficient (Wildman–Crippen LogP) is 2.33. The highest BCUT2D eigenvalue weighted by molar-refractivity contribution is 7.80. The molecule has 0 aromatic carbocycles. The fourth-order valence-corrected chi connectivity index (χ4v) is 3.19. The summed E-state index contributed by atoms with van der Waals surface area (Å²) >= 11 is 5.48. The fourth-order valence-electron chi connectivity index (χ4n) is 2.96. The molecule has 8 heteroatoms. The van der Waals surface area contributed by atoms with E-state index in [0.717, 1.165) is 37.6 Å². The highest BCUT2D eigenvalue weighted by Crippen LogP contribution is 2.16. The Hall–Kier alpha value is -2.74. The van der Waals surface area contributed by atoms with Crippen LogP contribution in [-0.2, 0) is 4.74 Å². The van der Waals surface area contributed by atoms with Crippen molar-refractivity contribution in [3.05, 3.63) is 48.4 Å². The fraction of sp³-hybridized carbons (Fsp3) is 0.368. The Bertz CT molecular complexity index is 781. The molecule has 2 saturated heterocycles. The van der Waals surface area contributed by atoms with Crippen molar-refractivity contribution < 1.29 is 4.74 Å². The molecule has 0 saturated carbocycles. The average molecular weight is 385 g/mol. The summed E-state index contributed by atoms with van der Waals surface area (Å²) in [5.41, 5.74) is 4.72. The summed E-state index contributed by atoms with van der Waals surface area (Å²) in [7, 11) is 0. The Labute approximate surface area is 164 Å². The van der Waals surface area contributed by atoms with Gasteiger partial charge < -0.3 is 14.5 Å². The normalized spacial score (nSPS) is 20.9. The van der Waals surface area contributed by atoms with Crippen LogP contribution in [0.1, 0.15) is 13.3 Å². The van der Waals surface area contributed by atoms with E-state index in [1.165, 1.54) is 0 Å². The van der Waals surface area contributed by atoms with Gasteiger partial charge in [-0.25, -0.2) is 4.98 Å². The molecule has 3 rings (SSSR count). The largest absolute Gasteiger partial charge is 0.491 e. The van der Waals surface area contributed by atoms with Gasteiger partial charge in [-0.3, -0.25) is 10.8 Å². The number of nitrogens with zero attached hydrogens (tertiary/aromatic N) is 4. The SMILES string of the molecule is C=C/C(C)=C1/OCC/C(=N/NC(=S)N2CCN(c3ccccn3)CC2)C1=N. The Morgan fingerprint density at radius 1 is 1.37 bits per heavy atom. The number of pyridine rings is 1. The Kier molecular flexibility index (Phi) is 6.18. The zero-order valence-electron chi connectivity index (χ0n) is 15.4. The lowest BCUT2D eigenvalue weighted by atomic mass is 10.0. The number of aromatic nitrogens is 1. The molecule has 0 spiro atoms. The van der Waals surface area contributed by atoms with Gasteiger partial charge in [0.25, 0.3) is 0 Å². The van der Waals surface area contributed by atoms with Crippen LogP contribution in [0.3, 0.4) is 0 Å². The lowest BCUT2D eigenvalue weighted by molar-refractivity contribution is 0.232. The molecule has 2 fully saturated rings. The topological polar surface area (TPSA) is 76.8 Å². The summed E-state index contributed by atoms with van der Waals surface area (Å²) in [5, 5.41) is 13.2. The molecule has 3 heterocycles. The van der Waals surface area contributed by atoms with Gasteiger partial charge in [0.2, 0.25) is 0 Å². The van der Waals surface area contributed by atoms with E-state index in [0.29, 0.717) is 29.6 Å². The van der Waals surface area contributed by atoms with Gasteiger partial charge in [-0.2, -0.15) is 5.10 Å². The smallest absolute Gasteiger partial charge is 0.189 e. The third-order valence-electron chi connectivity index (χ3n) is 4.59. The van der Waals surface area contributed by atoms with Gasteiger partial charge in [-0.1, -0.05) is 18.7 Å². The maximum Gasteiger partial charge on any atom is 0.189 e. The number of hydrogen-bond donors (Lipinski definition) is 2. The van der Waals surface area contributed by atoms with Gasteiger partial charge in [0.05, 0.1) is 12.3 Å². The minimum Gasteiger partial charge on any atom is -0.491 e. The zero-order valence-corrected chi connectivity index (χ0v) is 16.3. The zero-order chi connectivity index (χ0) is 19.2. The molecule has 0 bridgehead atoms. The summed E-state index contributed by atoms with van der Waals surface area (Å²) in [6.07, 6.45) is 4.07. The lowest BCUT2D eigenvalue weighted by Gasteiger charge is -2.36. The molecule has 2 aliphatic heterocycles. The van der Waals surface area contributed by atoms with E-state index in [-0.39, 0.29) is 5.71 Å². The van der Waals surface area contributed by atoms with E-state index in [4.69, 9.17) is 22.4 Å². The van der Waals surface area contributed by atoms with Crippen LogP contribution in [0.4, 0.5) is 5.82 Å². The van der Waals surface area contributed by atoms with Crippen LogP contribution in [0.15, 0.2) is 53.5 Å². The van der Waals surface area contributed by atoms with Crippen LogP contribution >= 0.6 is 12.2 Å². The van der Waals surface area contributed by atoms with Crippen molar-refractivity contribution in [1.82, 2.24) is 15.3 Å². The second-order valence-corrected chi connectivity index (χ2v) is 6.71. The van der Waals surface area contributed by atoms with Crippen LogP contribution in [0.2, 0.25) is 0 Å². The number of anilines is 1. The molecule has 2 aliphatic rings. The number of ether oxygens (including phenoxy) is 1. The molecule has 0 aliphatic carbocycles. The molecule has 2 N–H and O–H groups in total. The van der Waals surface area contributed by atoms with Gasteiger partial charge in [0, 0.05) is 38.8 Å². The number of hydrogen-bond acceptors (Lipinski definition) is 6. The Morgan fingerprint density at radius 2 is 2.15 bits per heavy atom. The van der Waals surface area contributed by atoms with Crippen molar-refractivity contribution in [3.8, 4) is 0 Å². The number of nitrogens with one attached hydrogen (secondary N) is 2. The lowest BCUT2D eigenvalue weighted by Crippen LogP contribution is -2.51. The monoisotopic (exact) mass is 384 g/mol. The Balaban J connectivity index is 1.56. The molecular weight excluding hydrogens is 360 g/mol. The van der Waals surface area contributed by atoms with Crippen LogP contribution in [-0.4, -0.2) is 59.2 Å². The van der Waals surface area contributed by atoms with Gasteiger partial charge in [-0.15, -0.1) is 0 Å². The molecule has 27 heavy (non-hydrogen) atoms. The molecule has 7 nitrogen and oxygen atoms in total. The second-order valence-electron chi connectivity index (χ2n) is 6.33. The van der Waals surface area contributed by atoms with Crippen molar-refractivity contribution in [1.29, 1.82) is 5.41 Å². The summed E-state index contributed by atoms with van der Waals surface area (Å²) in [4.78, 5) is 8.73. The molecule has 142 valence electrons. The van der Waals surface area contributed by atoms with Gasteiger partial charge >= 0.3 is 0 Å². The van der Waals surface area contributed by atoms with E-state index >= 15 is 0 Å². The van der Waals surface area contributed by atoms with Crippen molar-refractivity contribution in [3.63, 3.8) is 0 Å². The number of piperazine rings is 1. The molecule has 1 aromatic rings. The summed E-state index contributed by atoms with van der Waals surface area (Å²) in [6, 6.07) is 5.94. The molecular formula is C19H24N6OS. The minimum atomic E-state index is 0.286. The molecule has 0 atom stereocenters.